The molecule has 1 N–H and O–H groups in total. The molecule has 0 radical (unpaired) electrons. The van der Waals surface area contributed by atoms with Gasteiger partial charge in [-0.3, -0.25) is 9.59 Å². The zero-order valence-electron chi connectivity index (χ0n) is 18.1. The number of fused-ring (bicyclic) bond motifs is 1. The van der Waals surface area contributed by atoms with Crippen molar-refractivity contribution in [1.29, 1.82) is 0 Å². The Morgan fingerprint density at radius 1 is 1.10 bits per heavy atom. The molecule has 0 spiro atoms. The SMILES string of the molecule is Cc1ccc(C)c(NC(=O)CCS(=O)(=O)c2ccc3c(c2)C[C@H](C)N3C(=O)C2CC2)c1. The van der Waals surface area contributed by atoms with Crippen molar-refractivity contribution in [2.75, 3.05) is 16.0 Å². The van der Waals surface area contributed by atoms with Crippen molar-refractivity contribution in [2.45, 2.75) is 57.4 Å². The zero-order chi connectivity index (χ0) is 22.3. The minimum Gasteiger partial charge on any atom is -0.326 e. The average Bonchev–Trinajstić information content (AvgIpc) is 3.51. The summed E-state index contributed by atoms with van der Waals surface area (Å²) in [5.74, 6) is -0.325. The Labute approximate surface area is 183 Å². The number of nitrogens with one attached hydrogen (secondary N) is 1. The molecule has 2 aliphatic rings. The van der Waals surface area contributed by atoms with Gasteiger partial charge in [0, 0.05) is 29.8 Å². The Morgan fingerprint density at radius 2 is 1.84 bits per heavy atom. The number of nitrogens with zero attached hydrogens (tertiary/aromatic N) is 1. The molecule has 1 fully saturated rings. The summed E-state index contributed by atoms with van der Waals surface area (Å²) in [7, 11) is -3.61. The van der Waals surface area contributed by atoms with E-state index in [4.69, 9.17) is 0 Å². The maximum absolute atomic E-state index is 12.9. The maximum Gasteiger partial charge on any atom is 0.230 e. The largest absolute Gasteiger partial charge is 0.326 e. The number of rotatable bonds is 6. The van der Waals surface area contributed by atoms with E-state index in [0.29, 0.717) is 12.1 Å². The first kappa shape index (κ1) is 21.6. The van der Waals surface area contributed by atoms with Gasteiger partial charge in [0.15, 0.2) is 9.84 Å². The molecule has 0 unspecified atom stereocenters. The van der Waals surface area contributed by atoms with Crippen LogP contribution in [0.25, 0.3) is 0 Å². The summed E-state index contributed by atoms with van der Waals surface area (Å²) in [6.07, 6.45) is 2.40. The van der Waals surface area contributed by atoms with Gasteiger partial charge in [0.05, 0.1) is 10.6 Å². The van der Waals surface area contributed by atoms with Gasteiger partial charge in [0.2, 0.25) is 11.8 Å². The molecular weight excluding hydrogens is 412 g/mol. The van der Waals surface area contributed by atoms with E-state index in [2.05, 4.69) is 5.32 Å². The van der Waals surface area contributed by atoms with E-state index in [1.165, 1.54) is 0 Å². The van der Waals surface area contributed by atoms with Crippen LogP contribution >= 0.6 is 0 Å². The third kappa shape index (κ3) is 4.51. The van der Waals surface area contributed by atoms with Crippen molar-refractivity contribution < 1.29 is 18.0 Å². The van der Waals surface area contributed by atoms with Crippen molar-refractivity contribution in [3.63, 3.8) is 0 Å². The molecule has 0 aromatic heterocycles. The van der Waals surface area contributed by atoms with E-state index in [9.17, 15) is 18.0 Å². The molecule has 4 rings (SSSR count). The molecule has 2 aromatic rings. The Bertz CT molecular complexity index is 1150. The molecule has 1 saturated carbocycles. The van der Waals surface area contributed by atoms with E-state index < -0.39 is 9.84 Å². The summed E-state index contributed by atoms with van der Waals surface area (Å²) in [4.78, 5) is 27.0. The topological polar surface area (TPSA) is 83.6 Å². The predicted molar refractivity (Wildman–Crippen MR) is 121 cm³/mol. The average molecular weight is 441 g/mol. The van der Waals surface area contributed by atoms with Crippen molar-refractivity contribution in [3.05, 3.63) is 53.1 Å². The standard InChI is InChI=1S/C24H28N2O4S/c1-15-4-5-16(2)21(12-15)25-23(27)10-11-31(29,30)20-8-9-22-19(14-20)13-17(3)26(22)24(28)18-6-7-18/h4-5,8-9,12,14,17-18H,6-7,10-11,13H2,1-3H3,(H,25,27)/t17-/m0/s1. The normalized spacial score (nSPS) is 18.0. The van der Waals surface area contributed by atoms with Crippen LogP contribution in [0.1, 0.15) is 42.9 Å². The first-order valence-electron chi connectivity index (χ1n) is 10.7. The second-order valence-electron chi connectivity index (χ2n) is 8.76. The van der Waals surface area contributed by atoms with Gasteiger partial charge in [0.25, 0.3) is 0 Å². The third-order valence-corrected chi connectivity index (χ3v) is 7.77. The van der Waals surface area contributed by atoms with Gasteiger partial charge in [-0.05, 0) is 81.0 Å². The number of carbonyl (C=O) groups excluding carboxylic acids is 2. The molecule has 31 heavy (non-hydrogen) atoms. The van der Waals surface area contributed by atoms with E-state index in [-0.39, 0.29) is 40.8 Å². The summed E-state index contributed by atoms with van der Waals surface area (Å²) in [6, 6.07) is 10.8. The molecule has 7 heteroatoms. The number of hydrogen-bond donors (Lipinski definition) is 1. The third-order valence-electron chi connectivity index (χ3n) is 6.05. The molecule has 1 aliphatic carbocycles. The molecule has 164 valence electrons. The van der Waals surface area contributed by atoms with Crippen LogP contribution in [-0.2, 0) is 25.8 Å². The van der Waals surface area contributed by atoms with Crippen molar-refractivity contribution in [1.82, 2.24) is 0 Å². The monoisotopic (exact) mass is 440 g/mol. The van der Waals surface area contributed by atoms with Crippen LogP contribution in [0.4, 0.5) is 11.4 Å². The molecular formula is C24H28N2O4S. The van der Waals surface area contributed by atoms with Crippen LogP contribution in [0.3, 0.4) is 0 Å². The van der Waals surface area contributed by atoms with Gasteiger partial charge in [-0.1, -0.05) is 12.1 Å². The molecule has 1 atom stereocenters. The quantitative estimate of drug-likeness (QED) is 0.741. The van der Waals surface area contributed by atoms with Gasteiger partial charge >= 0.3 is 0 Å². The van der Waals surface area contributed by atoms with Crippen LogP contribution < -0.4 is 10.2 Å². The number of benzene rings is 2. The Hall–Kier alpha value is -2.67. The number of anilines is 2. The molecule has 0 saturated heterocycles. The lowest BCUT2D eigenvalue weighted by Gasteiger charge is -2.22. The van der Waals surface area contributed by atoms with Gasteiger partial charge in [-0.15, -0.1) is 0 Å². The number of sulfone groups is 1. The second kappa shape index (κ2) is 8.11. The fraction of sp³-hybridized carbons (Fsp3) is 0.417. The first-order valence-corrected chi connectivity index (χ1v) is 12.4. The number of hydrogen-bond acceptors (Lipinski definition) is 4. The number of amides is 2. The van der Waals surface area contributed by atoms with Crippen LogP contribution in [0.15, 0.2) is 41.3 Å². The molecule has 1 aliphatic heterocycles. The van der Waals surface area contributed by atoms with Crippen LogP contribution in [0, 0.1) is 19.8 Å². The lowest BCUT2D eigenvalue weighted by atomic mass is 10.1. The summed E-state index contributed by atoms with van der Waals surface area (Å²) in [5, 5.41) is 2.81. The summed E-state index contributed by atoms with van der Waals surface area (Å²) in [5.41, 5.74) is 4.35. The molecule has 1 heterocycles. The second-order valence-corrected chi connectivity index (χ2v) is 10.9. The number of carbonyl (C=O) groups is 2. The fourth-order valence-corrected chi connectivity index (χ4v) is 5.38. The lowest BCUT2D eigenvalue weighted by Crippen LogP contribution is -2.36. The van der Waals surface area contributed by atoms with Crippen molar-refractivity contribution in [2.24, 2.45) is 5.92 Å². The van der Waals surface area contributed by atoms with E-state index in [1.54, 1.807) is 18.2 Å². The first-order chi connectivity index (χ1) is 14.7. The van der Waals surface area contributed by atoms with E-state index in [1.807, 2.05) is 43.9 Å². The van der Waals surface area contributed by atoms with Crippen molar-refractivity contribution >= 4 is 33.0 Å². The number of aryl methyl sites for hydroxylation is 2. The highest BCUT2D eigenvalue weighted by atomic mass is 32.2. The molecule has 2 aromatic carbocycles. The Kier molecular flexibility index (Phi) is 5.64. The zero-order valence-corrected chi connectivity index (χ0v) is 19.0. The summed E-state index contributed by atoms with van der Waals surface area (Å²) in [6.45, 7) is 5.83. The van der Waals surface area contributed by atoms with E-state index in [0.717, 1.165) is 35.2 Å². The van der Waals surface area contributed by atoms with Gasteiger partial charge in [-0.2, -0.15) is 0 Å². The molecule has 0 bridgehead atoms. The molecule has 2 amide bonds. The Balaban J connectivity index is 1.44. The maximum atomic E-state index is 12.9. The van der Waals surface area contributed by atoms with Crippen LogP contribution in [-0.4, -0.2) is 32.0 Å². The minimum atomic E-state index is -3.61. The van der Waals surface area contributed by atoms with Crippen LogP contribution in [0.2, 0.25) is 0 Å². The van der Waals surface area contributed by atoms with E-state index >= 15 is 0 Å². The highest BCUT2D eigenvalue weighted by molar-refractivity contribution is 7.91. The minimum absolute atomic E-state index is 0.0319. The van der Waals surface area contributed by atoms with Gasteiger partial charge < -0.3 is 10.2 Å². The van der Waals surface area contributed by atoms with Crippen molar-refractivity contribution in [3.8, 4) is 0 Å². The Morgan fingerprint density at radius 3 is 2.55 bits per heavy atom. The van der Waals surface area contributed by atoms with Gasteiger partial charge in [-0.25, -0.2) is 8.42 Å². The summed E-state index contributed by atoms with van der Waals surface area (Å²) < 4.78 is 25.7. The lowest BCUT2D eigenvalue weighted by molar-refractivity contribution is -0.120. The highest BCUT2D eigenvalue weighted by Gasteiger charge is 2.39. The van der Waals surface area contributed by atoms with Crippen LogP contribution in [0.5, 0.6) is 0 Å². The fourth-order valence-electron chi connectivity index (χ4n) is 4.09. The summed E-state index contributed by atoms with van der Waals surface area (Å²) >= 11 is 0. The highest BCUT2D eigenvalue weighted by Crippen LogP contribution is 2.39. The van der Waals surface area contributed by atoms with Gasteiger partial charge in [0.1, 0.15) is 0 Å². The predicted octanol–water partition coefficient (Wildman–Crippen LogP) is 3.79. The smallest absolute Gasteiger partial charge is 0.230 e. The molecule has 6 nitrogen and oxygen atoms in total.